The van der Waals surface area contributed by atoms with Crippen LogP contribution in [0.5, 0.6) is 5.75 Å². The monoisotopic (exact) mass is 761 g/mol. The SMILES string of the molecule is C=CCOc1c(CCCCC)cc(CCCCC)cc1[Si](C)(C)C1c2cc(-c3cccc(C(C)(C)C)c3)ccc2-c2ccc(-c3cccc(C(C)(C)C)c3)cc21. The van der Waals surface area contributed by atoms with Crippen LogP contribution in [0.1, 0.15) is 133 Å². The van der Waals surface area contributed by atoms with Crippen molar-refractivity contribution in [3.8, 4) is 39.1 Å². The molecule has 0 amide bonds. The summed E-state index contributed by atoms with van der Waals surface area (Å²) in [5, 5.41) is 1.46. The first kappa shape index (κ1) is 41.5. The van der Waals surface area contributed by atoms with E-state index in [1.54, 1.807) is 0 Å². The van der Waals surface area contributed by atoms with Gasteiger partial charge in [0.1, 0.15) is 12.4 Å². The van der Waals surface area contributed by atoms with Crippen molar-refractivity contribution in [1.82, 2.24) is 0 Å². The standard InChI is InChI=1S/C54H68OSi/c1-12-15-17-21-38-32-43(22-18-16-13-2)51(55-31-14-3)50(33-38)56(10,11)52-48-36-41(39-23-19-25-44(34-39)53(4,5)6)27-29-46(48)47-30-28-42(37-49(47)52)40-24-20-26-45(35-40)54(7,8)9/h14,19-20,23-30,32-37,52H,3,12-13,15-18,21-22,31H2,1-2,4-11H3. The third kappa shape index (κ3) is 8.87. The molecule has 5 aromatic carbocycles. The van der Waals surface area contributed by atoms with Crippen LogP contribution in [0, 0.1) is 0 Å². The van der Waals surface area contributed by atoms with Crippen molar-refractivity contribution >= 4 is 13.3 Å². The van der Waals surface area contributed by atoms with E-state index in [9.17, 15) is 0 Å². The van der Waals surface area contributed by atoms with Crippen LogP contribution in [0.4, 0.5) is 0 Å². The second-order valence-corrected chi connectivity index (χ2v) is 23.6. The average Bonchev–Trinajstić information content (AvgIpc) is 3.50. The summed E-state index contributed by atoms with van der Waals surface area (Å²) in [4.78, 5) is 0. The van der Waals surface area contributed by atoms with Gasteiger partial charge >= 0.3 is 0 Å². The first-order valence-electron chi connectivity index (χ1n) is 21.6. The zero-order valence-corrected chi connectivity index (χ0v) is 37.4. The van der Waals surface area contributed by atoms with Gasteiger partial charge in [0.25, 0.3) is 0 Å². The fraction of sp³-hybridized carbons (Fsp3) is 0.407. The number of benzene rings is 5. The summed E-state index contributed by atoms with van der Waals surface area (Å²) >= 11 is 0. The maximum Gasteiger partial charge on any atom is 0.122 e. The van der Waals surface area contributed by atoms with Crippen molar-refractivity contribution in [3.63, 3.8) is 0 Å². The third-order valence-corrected chi connectivity index (χ3v) is 16.1. The van der Waals surface area contributed by atoms with Crippen LogP contribution in [-0.4, -0.2) is 14.7 Å². The van der Waals surface area contributed by atoms with E-state index in [0.29, 0.717) is 6.61 Å². The highest BCUT2D eigenvalue weighted by atomic mass is 28.3. The summed E-state index contributed by atoms with van der Waals surface area (Å²) in [5.41, 5.74) is 16.9. The van der Waals surface area contributed by atoms with Crippen molar-refractivity contribution in [2.24, 2.45) is 0 Å². The van der Waals surface area contributed by atoms with Crippen LogP contribution in [0.15, 0.2) is 110 Å². The number of unbranched alkanes of at least 4 members (excludes halogenated alkanes) is 4. The molecule has 1 aliphatic rings. The number of rotatable bonds is 15. The number of hydrogen-bond acceptors (Lipinski definition) is 1. The average molecular weight is 761 g/mol. The fourth-order valence-electron chi connectivity index (χ4n) is 8.90. The summed E-state index contributed by atoms with van der Waals surface area (Å²) in [6.07, 6.45) is 11.4. The summed E-state index contributed by atoms with van der Waals surface area (Å²) in [5.74, 6) is 1.13. The first-order valence-corrected chi connectivity index (χ1v) is 24.6. The first-order chi connectivity index (χ1) is 26.7. The fourth-order valence-corrected chi connectivity index (χ4v) is 12.6. The highest BCUT2D eigenvalue weighted by Crippen LogP contribution is 2.52. The van der Waals surface area contributed by atoms with Gasteiger partial charge in [-0.15, -0.1) is 0 Å². The molecule has 0 atom stereocenters. The molecule has 5 aromatic rings. The van der Waals surface area contributed by atoms with Gasteiger partial charge in [-0.3, -0.25) is 0 Å². The molecule has 2 heteroatoms. The maximum absolute atomic E-state index is 6.84. The van der Waals surface area contributed by atoms with Crippen LogP contribution in [-0.2, 0) is 23.7 Å². The summed E-state index contributed by atoms with van der Waals surface area (Å²) in [6.45, 7) is 28.3. The Morgan fingerprint density at radius 1 is 0.607 bits per heavy atom. The molecular formula is C54H68OSi. The van der Waals surface area contributed by atoms with Gasteiger partial charge in [-0.25, -0.2) is 0 Å². The van der Waals surface area contributed by atoms with Crippen LogP contribution in [0.25, 0.3) is 33.4 Å². The Labute approximate surface area is 341 Å². The molecule has 0 fully saturated rings. The van der Waals surface area contributed by atoms with Gasteiger partial charge in [-0.2, -0.15) is 0 Å². The molecule has 294 valence electrons. The summed E-state index contributed by atoms with van der Waals surface area (Å²) < 4.78 is 6.84. The molecular weight excluding hydrogens is 693 g/mol. The molecule has 0 saturated carbocycles. The molecule has 0 heterocycles. The predicted molar refractivity (Wildman–Crippen MR) is 248 cm³/mol. The zero-order valence-electron chi connectivity index (χ0n) is 36.4. The Balaban J connectivity index is 1.59. The van der Waals surface area contributed by atoms with Gasteiger partial charge in [0.2, 0.25) is 0 Å². The second kappa shape index (κ2) is 17.1. The van der Waals surface area contributed by atoms with Crippen molar-refractivity contribution in [3.05, 3.63) is 143 Å². The third-order valence-electron chi connectivity index (χ3n) is 12.2. The molecule has 0 unspecified atom stereocenters. The normalized spacial score (nSPS) is 13.1. The van der Waals surface area contributed by atoms with Crippen LogP contribution >= 0.6 is 0 Å². The number of fused-ring (bicyclic) bond motifs is 3. The van der Waals surface area contributed by atoms with Gasteiger partial charge in [0.05, 0.1) is 8.07 Å². The van der Waals surface area contributed by atoms with E-state index in [1.807, 2.05) is 6.08 Å². The van der Waals surface area contributed by atoms with E-state index >= 15 is 0 Å². The molecule has 0 saturated heterocycles. The van der Waals surface area contributed by atoms with E-state index in [-0.39, 0.29) is 16.4 Å². The molecule has 0 aromatic heterocycles. The summed E-state index contributed by atoms with van der Waals surface area (Å²) in [7, 11) is -2.39. The molecule has 6 rings (SSSR count). The molecule has 56 heavy (non-hydrogen) atoms. The Hall–Kier alpha value is -4.14. The lowest BCUT2D eigenvalue weighted by Crippen LogP contribution is -2.49. The molecule has 0 N–H and O–H groups in total. The molecule has 0 aliphatic heterocycles. The highest BCUT2D eigenvalue weighted by Gasteiger charge is 2.44. The van der Waals surface area contributed by atoms with Crippen molar-refractivity contribution in [2.45, 2.75) is 136 Å². The lowest BCUT2D eigenvalue weighted by atomic mass is 9.85. The van der Waals surface area contributed by atoms with E-state index in [2.05, 4.69) is 172 Å². The van der Waals surface area contributed by atoms with Crippen LogP contribution < -0.4 is 9.92 Å². The Morgan fingerprint density at radius 2 is 1.11 bits per heavy atom. The van der Waals surface area contributed by atoms with E-state index in [4.69, 9.17) is 4.74 Å². The minimum Gasteiger partial charge on any atom is -0.489 e. The number of ether oxygens (including phenoxy) is 1. The quantitative estimate of drug-likeness (QED) is 0.0587. The second-order valence-electron chi connectivity index (χ2n) is 19.1. The predicted octanol–water partition coefficient (Wildman–Crippen LogP) is 14.9. The van der Waals surface area contributed by atoms with Gasteiger partial charge in [-0.05, 0) is 108 Å². The van der Waals surface area contributed by atoms with Gasteiger partial charge in [0.15, 0.2) is 0 Å². The van der Waals surface area contributed by atoms with E-state index in [1.165, 1.54) is 110 Å². The molecule has 1 nitrogen and oxygen atoms in total. The smallest absolute Gasteiger partial charge is 0.122 e. The Kier molecular flexibility index (Phi) is 12.7. The highest BCUT2D eigenvalue weighted by molar-refractivity contribution is 6.92. The van der Waals surface area contributed by atoms with Gasteiger partial charge in [-0.1, -0.05) is 204 Å². The van der Waals surface area contributed by atoms with Crippen LogP contribution in [0.3, 0.4) is 0 Å². The number of hydrogen-bond donors (Lipinski definition) is 0. The Bertz CT molecular complexity index is 2050. The van der Waals surface area contributed by atoms with E-state index in [0.717, 1.165) is 18.6 Å². The van der Waals surface area contributed by atoms with Crippen molar-refractivity contribution in [2.75, 3.05) is 6.61 Å². The van der Waals surface area contributed by atoms with E-state index < -0.39 is 8.07 Å². The van der Waals surface area contributed by atoms with Gasteiger partial charge in [0, 0.05) is 5.54 Å². The van der Waals surface area contributed by atoms with Crippen LogP contribution in [0.2, 0.25) is 13.1 Å². The summed E-state index contributed by atoms with van der Waals surface area (Å²) in [6, 6.07) is 38.2. The largest absolute Gasteiger partial charge is 0.489 e. The lowest BCUT2D eigenvalue weighted by molar-refractivity contribution is 0.361. The Morgan fingerprint density at radius 3 is 1.59 bits per heavy atom. The lowest BCUT2D eigenvalue weighted by Gasteiger charge is -2.35. The number of aryl methyl sites for hydroxylation is 2. The molecule has 1 aliphatic carbocycles. The topological polar surface area (TPSA) is 9.23 Å². The maximum atomic E-state index is 6.84. The molecule has 0 bridgehead atoms. The van der Waals surface area contributed by atoms with Crippen molar-refractivity contribution < 1.29 is 4.74 Å². The molecule has 0 spiro atoms. The minimum absolute atomic E-state index is 0.0833. The minimum atomic E-state index is -2.39. The molecule has 0 radical (unpaired) electrons. The van der Waals surface area contributed by atoms with Crippen molar-refractivity contribution in [1.29, 1.82) is 0 Å². The zero-order chi connectivity index (χ0) is 40.3. The van der Waals surface area contributed by atoms with Gasteiger partial charge < -0.3 is 4.74 Å².